The fourth-order valence-corrected chi connectivity index (χ4v) is 3.00. The number of hydrogen-bond acceptors (Lipinski definition) is 4. The highest BCUT2D eigenvalue weighted by molar-refractivity contribution is 6.04. The largest absolute Gasteiger partial charge is 0.451 e. The molecule has 0 spiro atoms. The van der Waals surface area contributed by atoms with Crippen molar-refractivity contribution in [2.45, 2.75) is 20.8 Å². The molecule has 3 rings (SSSR count). The van der Waals surface area contributed by atoms with Crippen LogP contribution in [0, 0.1) is 6.92 Å². The van der Waals surface area contributed by atoms with Crippen LogP contribution in [0.2, 0.25) is 0 Å². The van der Waals surface area contributed by atoms with Gasteiger partial charge in [-0.1, -0.05) is 17.7 Å². The highest BCUT2D eigenvalue weighted by Gasteiger charge is 2.15. The van der Waals surface area contributed by atoms with Gasteiger partial charge in [0.25, 0.3) is 11.8 Å². The van der Waals surface area contributed by atoms with Gasteiger partial charge in [-0.3, -0.25) is 14.4 Å². The molecule has 6 nitrogen and oxygen atoms in total. The van der Waals surface area contributed by atoms with Gasteiger partial charge in [-0.2, -0.15) is 0 Å². The van der Waals surface area contributed by atoms with Crippen LogP contribution in [0.3, 0.4) is 0 Å². The quantitative estimate of drug-likeness (QED) is 0.732. The molecule has 6 heteroatoms. The molecule has 0 aliphatic rings. The van der Waals surface area contributed by atoms with Gasteiger partial charge in [-0.05, 0) is 51.1 Å². The smallest absolute Gasteiger partial charge is 0.291 e. The van der Waals surface area contributed by atoms with Crippen molar-refractivity contribution >= 4 is 28.5 Å². The van der Waals surface area contributed by atoms with Crippen LogP contribution in [0.25, 0.3) is 11.0 Å². The van der Waals surface area contributed by atoms with Gasteiger partial charge in [-0.25, -0.2) is 0 Å². The van der Waals surface area contributed by atoms with Crippen LogP contribution < -0.4 is 10.7 Å². The third-order valence-electron chi connectivity index (χ3n) is 4.52. The molecule has 1 heterocycles. The fraction of sp³-hybridized carbons (Fsp3) is 0.227. The summed E-state index contributed by atoms with van der Waals surface area (Å²) in [6.45, 7) is 6.92. The minimum absolute atomic E-state index is 0.0816. The number of nitrogens with zero attached hydrogens (tertiary/aromatic N) is 1. The lowest BCUT2D eigenvalue weighted by molar-refractivity contribution is 0.0772. The lowest BCUT2D eigenvalue weighted by Crippen LogP contribution is -2.30. The molecule has 0 saturated heterocycles. The van der Waals surface area contributed by atoms with Crippen LogP contribution in [-0.4, -0.2) is 29.8 Å². The molecule has 0 radical (unpaired) electrons. The molecule has 1 N–H and O–H groups in total. The number of anilines is 1. The Morgan fingerprint density at radius 3 is 2.50 bits per heavy atom. The molecule has 2 aromatic carbocycles. The summed E-state index contributed by atoms with van der Waals surface area (Å²) in [6.07, 6.45) is 0. The number of nitrogens with one attached hydrogen (secondary N) is 1. The first-order valence-corrected chi connectivity index (χ1v) is 9.18. The lowest BCUT2D eigenvalue weighted by atomic mass is 10.1. The number of rotatable bonds is 5. The first kappa shape index (κ1) is 19.4. The Labute approximate surface area is 162 Å². The summed E-state index contributed by atoms with van der Waals surface area (Å²) in [5.41, 5.74) is 1.95. The SMILES string of the molecule is CCN(CC)C(=O)c1cccc(NC(=O)c2cc(=O)c3cc(C)ccc3o2)c1. The Hall–Kier alpha value is -3.41. The van der Waals surface area contributed by atoms with Gasteiger partial charge in [0.15, 0.2) is 11.2 Å². The Balaban J connectivity index is 1.86. The van der Waals surface area contributed by atoms with E-state index in [9.17, 15) is 14.4 Å². The second-order valence-corrected chi connectivity index (χ2v) is 6.49. The molecule has 0 atom stereocenters. The van der Waals surface area contributed by atoms with Crippen molar-refractivity contribution in [3.05, 3.63) is 75.6 Å². The van der Waals surface area contributed by atoms with Crippen molar-refractivity contribution < 1.29 is 14.0 Å². The molecule has 0 bridgehead atoms. The first-order valence-electron chi connectivity index (χ1n) is 9.18. The van der Waals surface area contributed by atoms with E-state index >= 15 is 0 Å². The Kier molecular flexibility index (Phi) is 5.59. The van der Waals surface area contributed by atoms with Crippen LogP contribution >= 0.6 is 0 Å². The van der Waals surface area contributed by atoms with E-state index in [1.165, 1.54) is 6.07 Å². The van der Waals surface area contributed by atoms with Crippen molar-refractivity contribution in [1.82, 2.24) is 4.90 Å². The van der Waals surface area contributed by atoms with Crippen LogP contribution in [-0.2, 0) is 0 Å². The van der Waals surface area contributed by atoms with Crippen LogP contribution in [0.15, 0.2) is 57.7 Å². The van der Waals surface area contributed by atoms with Crippen molar-refractivity contribution in [1.29, 1.82) is 0 Å². The van der Waals surface area contributed by atoms with E-state index in [0.29, 0.717) is 35.3 Å². The Bertz CT molecular complexity index is 1100. The van der Waals surface area contributed by atoms with E-state index < -0.39 is 5.91 Å². The van der Waals surface area contributed by atoms with Crippen molar-refractivity contribution in [3.8, 4) is 0 Å². The molecular formula is C22H22N2O4. The maximum Gasteiger partial charge on any atom is 0.291 e. The van der Waals surface area contributed by atoms with E-state index in [-0.39, 0.29) is 17.1 Å². The van der Waals surface area contributed by atoms with Crippen LogP contribution in [0.1, 0.15) is 40.3 Å². The number of fused-ring (bicyclic) bond motifs is 1. The van der Waals surface area contributed by atoms with Crippen LogP contribution in [0.4, 0.5) is 5.69 Å². The zero-order valence-electron chi connectivity index (χ0n) is 16.1. The molecule has 144 valence electrons. The molecule has 1 aromatic heterocycles. The molecule has 2 amide bonds. The number of carbonyl (C=O) groups excluding carboxylic acids is 2. The van der Waals surface area contributed by atoms with E-state index in [1.807, 2.05) is 26.8 Å². The number of carbonyl (C=O) groups is 2. The summed E-state index contributed by atoms with van der Waals surface area (Å²) < 4.78 is 5.60. The van der Waals surface area contributed by atoms with E-state index in [2.05, 4.69) is 5.32 Å². The van der Waals surface area contributed by atoms with E-state index in [4.69, 9.17) is 4.42 Å². The first-order chi connectivity index (χ1) is 13.4. The summed E-state index contributed by atoms with van der Waals surface area (Å²) in [7, 11) is 0. The minimum Gasteiger partial charge on any atom is -0.451 e. The molecule has 3 aromatic rings. The van der Waals surface area contributed by atoms with Gasteiger partial charge in [0.05, 0.1) is 5.39 Å². The highest BCUT2D eigenvalue weighted by Crippen LogP contribution is 2.17. The third kappa shape index (κ3) is 3.96. The normalized spacial score (nSPS) is 10.7. The number of benzene rings is 2. The van der Waals surface area contributed by atoms with Crippen LogP contribution in [0.5, 0.6) is 0 Å². The standard InChI is InChI=1S/C22H22N2O4/c1-4-24(5-2)22(27)15-7-6-8-16(12-15)23-21(26)20-13-18(25)17-11-14(3)9-10-19(17)28-20/h6-13H,4-5H2,1-3H3,(H,23,26). The monoisotopic (exact) mass is 378 g/mol. The van der Waals surface area contributed by atoms with Gasteiger partial charge in [0, 0.05) is 30.4 Å². The number of amides is 2. The maximum absolute atomic E-state index is 12.6. The summed E-state index contributed by atoms with van der Waals surface area (Å²) in [5.74, 6) is -0.734. The van der Waals surface area contributed by atoms with E-state index in [1.54, 1.807) is 41.3 Å². The lowest BCUT2D eigenvalue weighted by Gasteiger charge is -2.19. The topological polar surface area (TPSA) is 79.6 Å². The molecule has 0 aliphatic carbocycles. The molecule has 0 fully saturated rings. The zero-order chi connectivity index (χ0) is 20.3. The second-order valence-electron chi connectivity index (χ2n) is 6.49. The molecule has 0 saturated carbocycles. The molecule has 28 heavy (non-hydrogen) atoms. The molecule has 0 unspecified atom stereocenters. The molecule has 0 aliphatic heterocycles. The third-order valence-corrected chi connectivity index (χ3v) is 4.52. The Morgan fingerprint density at radius 1 is 1.04 bits per heavy atom. The van der Waals surface area contributed by atoms with Gasteiger partial charge in [-0.15, -0.1) is 0 Å². The summed E-state index contributed by atoms with van der Waals surface area (Å²) in [6, 6.07) is 13.1. The van der Waals surface area contributed by atoms with Gasteiger partial charge in [0.1, 0.15) is 5.58 Å². The predicted molar refractivity (Wildman–Crippen MR) is 109 cm³/mol. The average molecular weight is 378 g/mol. The second kappa shape index (κ2) is 8.08. The predicted octanol–water partition coefficient (Wildman–Crippen LogP) is 3.84. The summed E-state index contributed by atoms with van der Waals surface area (Å²) in [5, 5.41) is 3.12. The average Bonchev–Trinajstić information content (AvgIpc) is 2.69. The van der Waals surface area contributed by atoms with Crippen molar-refractivity contribution in [2.24, 2.45) is 0 Å². The van der Waals surface area contributed by atoms with Crippen molar-refractivity contribution in [3.63, 3.8) is 0 Å². The summed E-state index contributed by atoms with van der Waals surface area (Å²) in [4.78, 5) is 39.1. The number of aryl methyl sites for hydroxylation is 1. The number of hydrogen-bond donors (Lipinski definition) is 1. The van der Waals surface area contributed by atoms with Gasteiger partial charge in [0.2, 0.25) is 0 Å². The van der Waals surface area contributed by atoms with Gasteiger partial charge < -0.3 is 14.6 Å². The fourth-order valence-electron chi connectivity index (χ4n) is 3.00. The molecular weight excluding hydrogens is 356 g/mol. The Morgan fingerprint density at radius 2 is 1.79 bits per heavy atom. The summed E-state index contributed by atoms with van der Waals surface area (Å²) >= 11 is 0. The van der Waals surface area contributed by atoms with Gasteiger partial charge >= 0.3 is 0 Å². The minimum atomic E-state index is -0.549. The maximum atomic E-state index is 12.6. The van der Waals surface area contributed by atoms with Crippen molar-refractivity contribution in [2.75, 3.05) is 18.4 Å². The highest BCUT2D eigenvalue weighted by atomic mass is 16.3. The van der Waals surface area contributed by atoms with E-state index in [0.717, 1.165) is 5.56 Å². The zero-order valence-corrected chi connectivity index (χ0v) is 16.1.